The average Bonchev–Trinajstić information content (AvgIpc) is 3.06. The summed E-state index contributed by atoms with van der Waals surface area (Å²) in [5.74, 6) is 3.14. The minimum atomic E-state index is -0.326. The van der Waals surface area contributed by atoms with E-state index < -0.39 is 0 Å². The first kappa shape index (κ1) is 35.5. The number of carbonyl (C=O) groups is 1. The molecule has 0 aromatic heterocycles. The molecular formula is C42H62O3. The van der Waals surface area contributed by atoms with Gasteiger partial charge in [0.05, 0.1) is 6.61 Å². The van der Waals surface area contributed by atoms with Gasteiger partial charge in [0.1, 0.15) is 0 Å². The van der Waals surface area contributed by atoms with Crippen LogP contribution in [-0.2, 0) is 28.8 Å². The molecule has 0 heterocycles. The van der Waals surface area contributed by atoms with E-state index >= 15 is 0 Å². The molecule has 0 radical (unpaired) electrons. The Morgan fingerprint density at radius 3 is 2.18 bits per heavy atom. The van der Waals surface area contributed by atoms with E-state index in [4.69, 9.17) is 4.74 Å². The summed E-state index contributed by atoms with van der Waals surface area (Å²) in [6, 6.07) is 14.5. The molecule has 2 aromatic carbocycles. The molecule has 2 saturated carbocycles. The van der Waals surface area contributed by atoms with E-state index in [9.17, 15) is 9.90 Å². The average molecular weight is 615 g/mol. The molecule has 2 aliphatic rings. The Bertz CT molecular complexity index is 1210. The molecule has 3 heteroatoms. The Hall–Kier alpha value is -2.39. The molecule has 0 aliphatic heterocycles. The van der Waals surface area contributed by atoms with Gasteiger partial charge in [0.2, 0.25) is 0 Å². The fourth-order valence-electron chi connectivity index (χ4n) is 8.46. The summed E-state index contributed by atoms with van der Waals surface area (Å²) in [4.78, 5) is 11.9. The quantitative estimate of drug-likeness (QED) is 0.116. The number of benzene rings is 2. The third-order valence-corrected chi connectivity index (χ3v) is 11.2. The maximum absolute atomic E-state index is 11.9. The zero-order valence-electron chi connectivity index (χ0n) is 29.0. The van der Waals surface area contributed by atoms with Crippen LogP contribution in [0.25, 0.3) is 0 Å². The molecule has 1 unspecified atom stereocenters. The van der Waals surface area contributed by atoms with Gasteiger partial charge in [-0.1, -0.05) is 69.7 Å². The van der Waals surface area contributed by atoms with E-state index in [1.54, 1.807) is 23.6 Å². The molecular weight excluding hydrogens is 552 g/mol. The van der Waals surface area contributed by atoms with Crippen LogP contribution in [0.4, 0.5) is 0 Å². The van der Waals surface area contributed by atoms with Crippen molar-refractivity contribution in [1.29, 1.82) is 0 Å². The molecule has 1 N–H and O–H groups in total. The van der Waals surface area contributed by atoms with Crippen molar-refractivity contribution in [3.8, 4) is 0 Å². The van der Waals surface area contributed by atoms with Crippen LogP contribution in [0.15, 0.2) is 48.6 Å². The molecule has 2 aromatic rings. The van der Waals surface area contributed by atoms with Gasteiger partial charge < -0.3 is 9.84 Å². The molecule has 0 saturated heterocycles. The van der Waals surface area contributed by atoms with Crippen LogP contribution in [0, 0.1) is 24.7 Å². The third-order valence-electron chi connectivity index (χ3n) is 11.2. The summed E-state index contributed by atoms with van der Waals surface area (Å²) < 4.78 is 5.48. The number of ether oxygens (including phenoxy) is 1. The SMILES string of the molecule is C=C(C)C(=O)OCC(CCCO)Cc1ccc(C2CCC(C3CCC(c4ccc(CCCCC)c(CC)c4)CC3)CC2)c(C)c1. The molecule has 1 atom stereocenters. The highest BCUT2D eigenvalue weighted by atomic mass is 16.5. The van der Waals surface area contributed by atoms with Crippen molar-refractivity contribution >= 4 is 5.97 Å². The lowest BCUT2D eigenvalue weighted by Crippen LogP contribution is -2.25. The summed E-state index contributed by atoms with van der Waals surface area (Å²) >= 11 is 0. The summed E-state index contributed by atoms with van der Waals surface area (Å²) in [5.41, 5.74) is 9.47. The second-order valence-corrected chi connectivity index (χ2v) is 14.6. The minimum Gasteiger partial charge on any atom is -0.462 e. The topological polar surface area (TPSA) is 46.5 Å². The Labute approximate surface area is 275 Å². The lowest BCUT2D eigenvalue weighted by atomic mass is 9.67. The highest BCUT2D eigenvalue weighted by molar-refractivity contribution is 5.86. The van der Waals surface area contributed by atoms with Crippen LogP contribution in [0.1, 0.15) is 149 Å². The molecule has 2 fully saturated rings. The first-order valence-corrected chi connectivity index (χ1v) is 18.5. The van der Waals surface area contributed by atoms with Crippen LogP contribution < -0.4 is 0 Å². The molecule has 4 rings (SSSR count). The fourth-order valence-corrected chi connectivity index (χ4v) is 8.46. The summed E-state index contributed by atoms with van der Waals surface area (Å²) in [7, 11) is 0. The molecule has 0 spiro atoms. The van der Waals surface area contributed by atoms with E-state index in [1.165, 1.54) is 93.7 Å². The maximum atomic E-state index is 11.9. The van der Waals surface area contributed by atoms with Crippen molar-refractivity contribution in [2.75, 3.05) is 13.2 Å². The zero-order valence-corrected chi connectivity index (χ0v) is 29.0. The van der Waals surface area contributed by atoms with Crippen molar-refractivity contribution in [1.82, 2.24) is 0 Å². The number of esters is 1. The lowest BCUT2D eigenvalue weighted by molar-refractivity contribution is -0.140. The Kier molecular flexibility index (Phi) is 14.2. The van der Waals surface area contributed by atoms with E-state index in [0.717, 1.165) is 43.4 Å². The van der Waals surface area contributed by atoms with Gasteiger partial charge in [0.15, 0.2) is 0 Å². The number of unbranched alkanes of at least 4 members (excludes halogenated alkanes) is 2. The van der Waals surface area contributed by atoms with Crippen molar-refractivity contribution in [3.63, 3.8) is 0 Å². The highest BCUT2D eigenvalue weighted by Crippen LogP contribution is 2.46. The number of aliphatic hydroxyl groups excluding tert-OH is 1. The standard InChI is InChI=1S/C42H62O3/c1-6-8-9-12-35-20-23-40(28-34(35)7-2)38-16-14-36(15-17-38)37-18-21-39(22-19-37)41-24-13-32(26-31(41)5)27-33(11-10-25-43)29-45-42(44)30(3)4/h13,20,23-24,26,28,33,36-39,43H,3,6-12,14-19,21-22,25,27,29H2,1-2,4-5H3. The summed E-state index contributed by atoms with van der Waals surface area (Å²) in [6.45, 7) is 12.8. The fraction of sp³-hybridized carbons (Fsp3) is 0.643. The van der Waals surface area contributed by atoms with Crippen LogP contribution in [0.2, 0.25) is 0 Å². The second kappa shape index (κ2) is 18.1. The van der Waals surface area contributed by atoms with Gasteiger partial charge in [0.25, 0.3) is 0 Å². The number of rotatable bonds is 16. The maximum Gasteiger partial charge on any atom is 0.333 e. The van der Waals surface area contributed by atoms with Crippen molar-refractivity contribution < 1.29 is 14.6 Å². The van der Waals surface area contributed by atoms with E-state index in [-0.39, 0.29) is 18.5 Å². The highest BCUT2D eigenvalue weighted by Gasteiger charge is 2.32. The normalized spacial score (nSPS) is 22.6. The summed E-state index contributed by atoms with van der Waals surface area (Å²) in [6.07, 6.45) is 19.8. The number of aliphatic hydroxyl groups is 1. The summed E-state index contributed by atoms with van der Waals surface area (Å²) in [5, 5.41) is 9.36. The number of aryl methyl sites for hydroxylation is 3. The van der Waals surface area contributed by atoms with Gasteiger partial charge in [-0.25, -0.2) is 4.79 Å². The Morgan fingerprint density at radius 2 is 1.58 bits per heavy atom. The van der Waals surface area contributed by atoms with Crippen LogP contribution in [0.5, 0.6) is 0 Å². The van der Waals surface area contributed by atoms with Gasteiger partial charge in [-0.05, 0) is 167 Å². The molecule has 0 bridgehead atoms. The molecule has 3 nitrogen and oxygen atoms in total. The predicted octanol–water partition coefficient (Wildman–Crippen LogP) is 10.6. The minimum absolute atomic E-state index is 0.167. The van der Waals surface area contributed by atoms with Gasteiger partial charge in [-0.3, -0.25) is 0 Å². The van der Waals surface area contributed by atoms with E-state index in [0.29, 0.717) is 18.1 Å². The predicted molar refractivity (Wildman–Crippen MR) is 189 cm³/mol. The monoisotopic (exact) mass is 614 g/mol. The van der Waals surface area contributed by atoms with Crippen LogP contribution >= 0.6 is 0 Å². The van der Waals surface area contributed by atoms with Crippen LogP contribution in [-0.4, -0.2) is 24.3 Å². The van der Waals surface area contributed by atoms with Gasteiger partial charge in [0, 0.05) is 12.2 Å². The number of hydrogen-bond acceptors (Lipinski definition) is 3. The van der Waals surface area contributed by atoms with E-state index in [1.807, 2.05) is 0 Å². The van der Waals surface area contributed by atoms with Crippen molar-refractivity contribution in [2.45, 2.75) is 142 Å². The Balaban J connectivity index is 1.26. The van der Waals surface area contributed by atoms with Crippen molar-refractivity contribution in [2.24, 2.45) is 17.8 Å². The molecule has 0 amide bonds. The van der Waals surface area contributed by atoms with Gasteiger partial charge >= 0.3 is 5.97 Å². The van der Waals surface area contributed by atoms with Crippen LogP contribution in [0.3, 0.4) is 0 Å². The smallest absolute Gasteiger partial charge is 0.333 e. The molecule has 2 aliphatic carbocycles. The number of carbonyl (C=O) groups excluding carboxylic acids is 1. The second-order valence-electron chi connectivity index (χ2n) is 14.6. The molecule has 248 valence electrons. The molecule has 45 heavy (non-hydrogen) atoms. The van der Waals surface area contributed by atoms with Gasteiger partial charge in [-0.2, -0.15) is 0 Å². The lowest BCUT2D eigenvalue weighted by Gasteiger charge is -2.38. The van der Waals surface area contributed by atoms with Crippen molar-refractivity contribution in [3.05, 3.63) is 81.9 Å². The first-order valence-electron chi connectivity index (χ1n) is 18.5. The zero-order chi connectivity index (χ0) is 32.2. The first-order chi connectivity index (χ1) is 21.8. The third kappa shape index (κ3) is 10.3. The number of hydrogen-bond donors (Lipinski definition) is 1. The largest absolute Gasteiger partial charge is 0.462 e. The van der Waals surface area contributed by atoms with Gasteiger partial charge in [-0.15, -0.1) is 0 Å². The Morgan fingerprint density at radius 1 is 0.889 bits per heavy atom. The van der Waals surface area contributed by atoms with E-state index in [2.05, 4.69) is 63.7 Å².